The molecule has 0 amide bonds. The van der Waals surface area contributed by atoms with Crippen molar-refractivity contribution >= 4 is 33.8 Å². The Balaban J connectivity index is 2.04. The Hall–Kier alpha value is -1.47. The van der Waals surface area contributed by atoms with Crippen molar-refractivity contribution in [3.05, 3.63) is 27.7 Å². The summed E-state index contributed by atoms with van der Waals surface area (Å²) < 4.78 is 4.62. The molecule has 1 unspecified atom stereocenters. The van der Waals surface area contributed by atoms with E-state index in [-0.39, 0.29) is 12.0 Å². The maximum Gasteiger partial charge on any atom is 0.349 e. The lowest BCUT2D eigenvalue weighted by atomic mass is 10.4. The van der Waals surface area contributed by atoms with E-state index >= 15 is 0 Å². The van der Waals surface area contributed by atoms with Gasteiger partial charge in [-0.1, -0.05) is 11.3 Å². The fraction of sp³-hybridized carbons (Fsp3) is 0.300. The molecule has 7 heteroatoms. The van der Waals surface area contributed by atoms with E-state index in [2.05, 4.69) is 20.0 Å². The minimum atomic E-state index is -0.363. The van der Waals surface area contributed by atoms with Crippen LogP contribution < -0.4 is 5.32 Å². The van der Waals surface area contributed by atoms with Gasteiger partial charge in [0.25, 0.3) is 0 Å². The van der Waals surface area contributed by atoms with Crippen molar-refractivity contribution in [2.24, 2.45) is 0 Å². The van der Waals surface area contributed by atoms with E-state index in [1.807, 2.05) is 12.3 Å². The molecule has 0 saturated carbocycles. The number of nitrogens with zero attached hydrogens (tertiary/aromatic N) is 2. The van der Waals surface area contributed by atoms with E-state index in [9.17, 15) is 4.79 Å². The van der Waals surface area contributed by atoms with Gasteiger partial charge >= 0.3 is 5.97 Å². The molecule has 2 aromatic rings. The zero-order valence-electron chi connectivity index (χ0n) is 9.34. The third kappa shape index (κ3) is 2.80. The van der Waals surface area contributed by atoms with Gasteiger partial charge in [0.2, 0.25) is 0 Å². The smallest absolute Gasteiger partial charge is 0.349 e. The fourth-order valence-corrected chi connectivity index (χ4v) is 2.70. The summed E-state index contributed by atoms with van der Waals surface area (Å²) >= 11 is 2.85. The second-order valence-electron chi connectivity index (χ2n) is 3.26. The number of ether oxygens (including phenoxy) is 1. The minimum Gasteiger partial charge on any atom is -0.465 e. The average molecular weight is 269 g/mol. The number of carbonyl (C=O) groups is 1. The number of hydrogen-bond donors (Lipinski definition) is 1. The first-order valence-electron chi connectivity index (χ1n) is 4.90. The lowest BCUT2D eigenvalue weighted by Gasteiger charge is -2.08. The molecule has 0 saturated heterocycles. The van der Waals surface area contributed by atoms with Crippen LogP contribution in [0.3, 0.4) is 0 Å². The maximum atomic E-state index is 11.3. The molecule has 2 rings (SSSR count). The molecule has 0 aromatic carbocycles. The standard InChI is InChI=1S/C10H11N3O2S2/c1-6(8-11-3-4-16-8)13-10-12-5-7(17-10)9(14)15-2/h3-6H,1-2H3,(H,12,13). The van der Waals surface area contributed by atoms with Crippen molar-refractivity contribution in [2.45, 2.75) is 13.0 Å². The predicted octanol–water partition coefficient (Wildman–Crippen LogP) is 2.56. The van der Waals surface area contributed by atoms with Crippen LogP contribution in [-0.2, 0) is 4.74 Å². The molecular weight excluding hydrogens is 258 g/mol. The monoisotopic (exact) mass is 269 g/mol. The Labute approximate surface area is 106 Å². The lowest BCUT2D eigenvalue weighted by molar-refractivity contribution is 0.0606. The van der Waals surface area contributed by atoms with Gasteiger partial charge < -0.3 is 10.1 Å². The Morgan fingerprint density at radius 2 is 2.35 bits per heavy atom. The van der Waals surface area contributed by atoms with E-state index in [0.29, 0.717) is 10.0 Å². The maximum absolute atomic E-state index is 11.3. The fourth-order valence-electron chi connectivity index (χ4n) is 1.23. The molecule has 0 aliphatic heterocycles. The topological polar surface area (TPSA) is 64.1 Å². The summed E-state index contributed by atoms with van der Waals surface area (Å²) in [6, 6.07) is 0.0756. The van der Waals surface area contributed by atoms with Crippen molar-refractivity contribution in [1.29, 1.82) is 0 Å². The number of nitrogens with one attached hydrogen (secondary N) is 1. The van der Waals surface area contributed by atoms with Crippen LogP contribution in [0.1, 0.15) is 27.6 Å². The summed E-state index contributed by atoms with van der Waals surface area (Å²) in [6.07, 6.45) is 3.27. The molecule has 0 aliphatic carbocycles. The number of aromatic nitrogens is 2. The van der Waals surface area contributed by atoms with Crippen LogP contribution in [0.15, 0.2) is 17.8 Å². The number of hydrogen-bond acceptors (Lipinski definition) is 7. The van der Waals surface area contributed by atoms with Crippen molar-refractivity contribution in [3.63, 3.8) is 0 Å². The second kappa shape index (κ2) is 5.24. The molecule has 5 nitrogen and oxygen atoms in total. The highest BCUT2D eigenvalue weighted by atomic mass is 32.1. The molecule has 0 fully saturated rings. The Morgan fingerprint density at radius 1 is 1.53 bits per heavy atom. The molecule has 0 aliphatic rings. The van der Waals surface area contributed by atoms with Gasteiger partial charge in [-0.05, 0) is 6.92 Å². The summed E-state index contributed by atoms with van der Waals surface area (Å²) in [7, 11) is 1.35. The quantitative estimate of drug-likeness (QED) is 0.864. The van der Waals surface area contributed by atoms with Crippen molar-refractivity contribution < 1.29 is 9.53 Å². The largest absolute Gasteiger partial charge is 0.465 e. The molecule has 0 spiro atoms. The zero-order chi connectivity index (χ0) is 12.3. The molecule has 1 atom stereocenters. The highest BCUT2D eigenvalue weighted by Crippen LogP contribution is 2.24. The average Bonchev–Trinajstić information content (AvgIpc) is 2.98. The Morgan fingerprint density at radius 3 is 3.00 bits per heavy atom. The lowest BCUT2D eigenvalue weighted by Crippen LogP contribution is -2.05. The molecular formula is C10H11N3O2S2. The van der Waals surface area contributed by atoms with Gasteiger partial charge in [-0.15, -0.1) is 11.3 Å². The highest BCUT2D eigenvalue weighted by molar-refractivity contribution is 7.17. The highest BCUT2D eigenvalue weighted by Gasteiger charge is 2.13. The summed E-state index contributed by atoms with van der Waals surface area (Å²) in [5, 5.41) is 6.79. The van der Waals surface area contributed by atoms with Gasteiger partial charge in [-0.25, -0.2) is 14.8 Å². The summed E-state index contributed by atoms with van der Waals surface area (Å²) in [6.45, 7) is 2.00. The predicted molar refractivity (Wildman–Crippen MR) is 67.6 cm³/mol. The van der Waals surface area contributed by atoms with Gasteiger partial charge in [0.1, 0.15) is 9.88 Å². The van der Waals surface area contributed by atoms with E-state index < -0.39 is 0 Å². The number of rotatable bonds is 4. The third-order valence-electron chi connectivity index (χ3n) is 2.05. The zero-order valence-corrected chi connectivity index (χ0v) is 11.0. The van der Waals surface area contributed by atoms with E-state index in [1.54, 1.807) is 17.5 Å². The van der Waals surface area contributed by atoms with Crippen LogP contribution in [0.4, 0.5) is 5.13 Å². The van der Waals surface area contributed by atoms with Crippen LogP contribution in [0.2, 0.25) is 0 Å². The molecule has 0 bridgehead atoms. The molecule has 2 aromatic heterocycles. The summed E-state index contributed by atoms with van der Waals surface area (Å²) in [5.74, 6) is -0.363. The molecule has 2 heterocycles. The number of anilines is 1. The molecule has 0 radical (unpaired) electrons. The Bertz CT molecular complexity index is 495. The van der Waals surface area contributed by atoms with Gasteiger partial charge in [-0.2, -0.15) is 0 Å². The van der Waals surface area contributed by atoms with Crippen LogP contribution in [0.5, 0.6) is 0 Å². The van der Waals surface area contributed by atoms with Crippen molar-refractivity contribution in [1.82, 2.24) is 9.97 Å². The van der Waals surface area contributed by atoms with Gasteiger partial charge in [0, 0.05) is 11.6 Å². The number of carbonyl (C=O) groups excluding carboxylic acids is 1. The summed E-state index contributed by atoms with van der Waals surface area (Å²) in [5.41, 5.74) is 0. The minimum absolute atomic E-state index is 0.0756. The van der Waals surface area contributed by atoms with Gasteiger partial charge in [0.05, 0.1) is 19.3 Å². The first kappa shape index (κ1) is 12.0. The SMILES string of the molecule is COC(=O)c1cnc(NC(C)c2nccs2)s1. The molecule has 17 heavy (non-hydrogen) atoms. The number of thiazole rings is 2. The van der Waals surface area contributed by atoms with Crippen LogP contribution >= 0.6 is 22.7 Å². The molecule has 1 N–H and O–H groups in total. The van der Waals surface area contributed by atoms with Crippen LogP contribution in [0.25, 0.3) is 0 Å². The Kier molecular flexibility index (Phi) is 3.70. The summed E-state index contributed by atoms with van der Waals surface area (Å²) in [4.78, 5) is 20.1. The van der Waals surface area contributed by atoms with Crippen molar-refractivity contribution in [3.8, 4) is 0 Å². The number of methoxy groups -OCH3 is 1. The molecule has 90 valence electrons. The van der Waals surface area contributed by atoms with Gasteiger partial charge in [0.15, 0.2) is 5.13 Å². The normalized spacial score (nSPS) is 12.1. The first-order valence-corrected chi connectivity index (χ1v) is 6.60. The van der Waals surface area contributed by atoms with Crippen molar-refractivity contribution in [2.75, 3.05) is 12.4 Å². The van der Waals surface area contributed by atoms with Crippen LogP contribution in [0, 0.1) is 0 Å². The van der Waals surface area contributed by atoms with E-state index in [0.717, 1.165) is 5.01 Å². The van der Waals surface area contributed by atoms with E-state index in [1.165, 1.54) is 24.6 Å². The third-order valence-corrected chi connectivity index (χ3v) is 3.92. The first-order chi connectivity index (χ1) is 8.20. The number of esters is 1. The van der Waals surface area contributed by atoms with Gasteiger partial charge in [-0.3, -0.25) is 0 Å². The van der Waals surface area contributed by atoms with E-state index in [4.69, 9.17) is 0 Å². The second-order valence-corrected chi connectivity index (χ2v) is 5.21. The van der Waals surface area contributed by atoms with Crippen LogP contribution in [-0.4, -0.2) is 23.0 Å².